The van der Waals surface area contributed by atoms with Crippen LogP contribution in [0.15, 0.2) is 30.3 Å². The van der Waals surface area contributed by atoms with E-state index >= 15 is 0 Å². The van der Waals surface area contributed by atoms with Gasteiger partial charge in [-0.2, -0.15) is 0 Å². The van der Waals surface area contributed by atoms with Gasteiger partial charge in [-0.3, -0.25) is 9.59 Å². The van der Waals surface area contributed by atoms with Gasteiger partial charge in [0.15, 0.2) is 0 Å². The van der Waals surface area contributed by atoms with Gasteiger partial charge in [0.2, 0.25) is 5.12 Å². The van der Waals surface area contributed by atoms with Crippen molar-refractivity contribution in [3.8, 4) is 0 Å². The number of hydrogen-bond donors (Lipinski definition) is 1. The van der Waals surface area contributed by atoms with Crippen molar-refractivity contribution in [2.75, 3.05) is 0 Å². The van der Waals surface area contributed by atoms with Crippen LogP contribution in [0.25, 0.3) is 0 Å². The lowest BCUT2D eigenvalue weighted by atomic mass is 10.2. The van der Waals surface area contributed by atoms with Crippen LogP contribution < -0.4 is 0 Å². The van der Waals surface area contributed by atoms with Crippen LogP contribution in [0.4, 0.5) is 0 Å². The number of carboxylic acid groups (broad SMARTS) is 1. The van der Waals surface area contributed by atoms with Crippen LogP contribution in [0.1, 0.15) is 23.7 Å². The predicted molar refractivity (Wildman–Crippen MR) is 60.1 cm³/mol. The molecule has 1 atom stereocenters. The maximum atomic E-state index is 11.6. The molecule has 1 rings (SSSR count). The Kier molecular flexibility index (Phi) is 4.37. The molecule has 15 heavy (non-hydrogen) atoms. The standard InChI is InChI=1S/C11H12O3S/c1-8(7-10(12)13)15-11(14)9-5-3-2-4-6-9/h2-6,8H,7H2,1H3,(H,12,13)/t8-/m0/s1. The number of aliphatic carboxylic acids is 1. The van der Waals surface area contributed by atoms with Crippen LogP contribution in [0, 0.1) is 0 Å². The minimum atomic E-state index is -0.879. The Labute approximate surface area is 92.5 Å². The zero-order chi connectivity index (χ0) is 11.3. The van der Waals surface area contributed by atoms with E-state index in [4.69, 9.17) is 5.11 Å². The van der Waals surface area contributed by atoms with Gasteiger partial charge in [-0.15, -0.1) is 0 Å². The molecule has 1 N–H and O–H groups in total. The highest BCUT2D eigenvalue weighted by molar-refractivity contribution is 8.14. The Bertz CT molecular complexity index is 348. The number of carboxylic acids is 1. The van der Waals surface area contributed by atoms with Gasteiger partial charge in [-0.05, 0) is 0 Å². The van der Waals surface area contributed by atoms with Crippen molar-refractivity contribution in [2.24, 2.45) is 0 Å². The molecule has 4 heteroatoms. The van der Waals surface area contributed by atoms with Gasteiger partial charge in [-0.1, -0.05) is 49.0 Å². The van der Waals surface area contributed by atoms with E-state index in [9.17, 15) is 9.59 Å². The first-order valence-electron chi connectivity index (χ1n) is 4.57. The molecule has 0 aliphatic rings. The van der Waals surface area contributed by atoms with Crippen LogP contribution >= 0.6 is 11.8 Å². The van der Waals surface area contributed by atoms with Crippen molar-refractivity contribution >= 4 is 22.8 Å². The van der Waals surface area contributed by atoms with Gasteiger partial charge in [0.1, 0.15) is 0 Å². The van der Waals surface area contributed by atoms with Gasteiger partial charge in [0.25, 0.3) is 0 Å². The van der Waals surface area contributed by atoms with Crippen molar-refractivity contribution in [2.45, 2.75) is 18.6 Å². The summed E-state index contributed by atoms with van der Waals surface area (Å²) < 4.78 is 0. The molecule has 0 bridgehead atoms. The molecule has 0 saturated carbocycles. The van der Waals surface area contributed by atoms with E-state index in [0.717, 1.165) is 11.8 Å². The average molecular weight is 224 g/mol. The molecule has 1 aromatic rings. The van der Waals surface area contributed by atoms with Crippen molar-refractivity contribution in [3.05, 3.63) is 35.9 Å². The molecular weight excluding hydrogens is 212 g/mol. The molecule has 1 aromatic carbocycles. The molecule has 0 spiro atoms. The summed E-state index contributed by atoms with van der Waals surface area (Å²) in [5.74, 6) is -0.879. The maximum absolute atomic E-state index is 11.6. The first kappa shape index (κ1) is 11.8. The second kappa shape index (κ2) is 5.56. The molecule has 0 aromatic heterocycles. The quantitative estimate of drug-likeness (QED) is 0.853. The van der Waals surface area contributed by atoms with Crippen LogP contribution in [-0.4, -0.2) is 21.4 Å². The highest BCUT2D eigenvalue weighted by Crippen LogP contribution is 2.19. The van der Waals surface area contributed by atoms with Crippen LogP contribution in [0.3, 0.4) is 0 Å². The Balaban J connectivity index is 2.53. The van der Waals surface area contributed by atoms with E-state index < -0.39 is 5.97 Å². The Morgan fingerprint density at radius 1 is 1.33 bits per heavy atom. The van der Waals surface area contributed by atoms with Crippen molar-refractivity contribution in [1.29, 1.82) is 0 Å². The number of carbonyl (C=O) groups excluding carboxylic acids is 1. The van der Waals surface area contributed by atoms with Gasteiger partial charge >= 0.3 is 5.97 Å². The summed E-state index contributed by atoms with van der Waals surface area (Å²) in [6, 6.07) is 8.86. The molecular formula is C11H12O3S. The molecule has 0 aliphatic carbocycles. The lowest BCUT2D eigenvalue weighted by Gasteiger charge is -2.06. The normalized spacial score (nSPS) is 12.1. The summed E-state index contributed by atoms with van der Waals surface area (Å²) in [7, 11) is 0. The van der Waals surface area contributed by atoms with Crippen molar-refractivity contribution < 1.29 is 14.7 Å². The van der Waals surface area contributed by atoms with Gasteiger partial charge in [-0.25, -0.2) is 0 Å². The second-order valence-electron chi connectivity index (χ2n) is 3.18. The van der Waals surface area contributed by atoms with E-state index in [-0.39, 0.29) is 16.8 Å². The SMILES string of the molecule is C[C@@H](CC(=O)O)SC(=O)c1ccccc1. The monoisotopic (exact) mass is 224 g/mol. The zero-order valence-electron chi connectivity index (χ0n) is 8.34. The van der Waals surface area contributed by atoms with Gasteiger partial charge in [0, 0.05) is 10.8 Å². The van der Waals surface area contributed by atoms with E-state index in [1.165, 1.54) is 0 Å². The number of rotatable bonds is 4. The third-order valence-corrected chi connectivity index (χ3v) is 2.80. The lowest BCUT2D eigenvalue weighted by Crippen LogP contribution is -2.08. The highest BCUT2D eigenvalue weighted by Gasteiger charge is 2.14. The van der Waals surface area contributed by atoms with E-state index in [1.807, 2.05) is 6.07 Å². The third kappa shape index (κ3) is 4.16. The first-order valence-corrected chi connectivity index (χ1v) is 5.45. The molecule has 0 heterocycles. The fourth-order valence-electron chi connectivity index (χ4n) is 1.11. The topological polar surface area (TPSA) is 54.4 Å². The average Bonchev–Trinajstić information content (AvgIpc) is 2.17. The summed E-state index contributed by atoms with van der Waals surface area (Å²) in [6.45, 7) is 1.74. The Morgan fingerprint density at radius 2 is 1.93 bits per heavy atom. The summed E-state index contributed by atoms with van der Waals surface area (Å²) in [4.78, 5) is 22.0. The largest absolute Gasteiger partial charge is 0.481 e. The van der Waals surface area contributed by atoms with Crippen LogP contribution in [0.5, 0.6) is 0 Å². The maximum Gasteiger partial charge on any atom is 0.304 e. The molecule has 3 nitrogen and oxygen atoms in total. The lowest BCUT2D eigenvalue weighted by molar-refractivity contribution is -0.136. The molecule has 0 amide bonds. The number of benzene rings is 1. The molecule has 0 radical (unpaired) electrons. The summed E-state index contributed by atoms with van der Waals surface area (Å²) in [5.41, 5.74) is 0.611. The second-order valence-corrected chi connectivity index (χ2v) is 4.59. The van der Waals surface area contributed by atoms with E-state index in [2.05, 4.69) is 0 Å². The number of carbonyl (C=O) groups is 2. The van der Waals surface area contributed by atoms with Crippen LogP contribution in [0.2, 0.25) is 0 Å². The fraction of sp³-hybridized carbons (Fsp3) is 0.273. The predicted octanol–water partition coefficient (Wildman–Crippen LogP) is 2.42. The van der Waals surface area contributed by atoms with E-state index in [0.29, 0.717) is 5.56 Å². The van der Waals surface area contributed by atoms with Crippen LogP contribution in [-0.2, 0) is 4.79 Å². The summed E-state index contributed by atoms with van der Waals surface area (Å²) >= 11 is 1.06. The first-order chi connectivity index (χ1) is 7.09. The Hall–Kier alpha value is -1.29. The van der Waals surface area contributed by atoms with Gasteiger partial charge < -0.3 is 5.11 Å². The summed E-state index contributed by atoms with van der Waals surface area (Å²) in [5, 5.41) is 8.26. The van der Waals surface area contributed by atoms with Crippen molar-refractivity contribution in [1.82, 2.24) is 0 Å². The molecule has 0 unspecified atom stereocenters. The molecule has 0 fully saturated rings. The molecule has 80 valence electrons. The summed E-state index contributed by atoms with van der Waals surface area (Å²) in [6.07, 6.45) is 0.00321. The molecule has 0 aliphatic heterocycles. The molecule has 0 saturated heterocycles. The number of hydrogen-bond acceptors (Lipinski definition) is 3. The zero-order valence-corrected chi connectivity index (χ0v) is 9.16. The minimum absolute atomic E-state index is 0.00321. The highest BCUT2D eigenvalue weighted by atomic mass is 32.2. The Morgan fingerprint density at radius 3 is 2.47 bits per heavy atom. The van der Waals surface area contributed by atoms with E-state index in [1.54, 1.807) is 31.2 Å². The van der Waals surface area contributed by atoms with Gasteiger partial charge in [0.05, 0.1) is 6.42 Å². The fourth-order valence-corrected chi connectivity index (χ4v) is 1.98. The third-order valence-electron chi connectivity index (χ3n) is 1.78. The van der Waals surface area contributed by atoms with Crippen molar-refractivity contribution in [3.63, 3.8) is 0 Å². The minimum Gasteiger partial charge on any atom is -0.481 e. The smallest absolute Gasteiger partial charge is 0.304 e. The number of thioether (sulfide) groups is 1.